The molecule has 0 radical (unpaired) electrons. The first-order chi connectivity index (χ1) is 13.8. The molecule has 0 bridgehead atoms. The van der Waals surface area contributed by atoms with E-state index in [2.05, 4.69) is 4.99 Å². The van der Waals surface area contributed by atoms with Gasteiger partial charge in [-0.3, -0.25) is 0 Å². The number of phenolic OH excluding ortho intramolecular Hbond substituents is 1. The molecule has 0 aromatic heterocycles. The Morgan fingerprint density at radius 2 is 2.03 bits per heavy atom. The monoisotopic (exact) mass is 398 g/mol. The third-order valence-electron chi connectivity index (χ3n) is 6.03. The smallest absolute Gasteiger partial charge is 0.283 e. The fourth-order valence-corrected chi connectivity index (χ4v) is 4.67. The highest BCUT2D eigenvalue weighted by atomic mass is 19.1. The predicted octanol–water partition coefficient (Wildman–Crippen LogP) is 3.90. The second kappa shape index (κ2) is 6.10. The molecule has 2 aromatic rings. The number of halogens is 1. The number of aromatic hydroxyl groups is 1. The van der Waals surface area contributed by atoms with Crippen LogP contribution in [0.15, 0.2) is 35.3 Å². The number of rotatable bonds is 1. The molecule has 1 spiro atoms. The van der Waals surface area contributed by atoms with Crippen molar-refractivity contribution in [3.63, 3.8) is 0 Å². The van der Waals surface area contributed by atoms with Crippen LogP contribution >= 0.6 is 0 Å². The second-order valence-electron chi connectivity index (χ2n) is 8.56. The minimum Gasteiger partial charge on any atom is -0.508 e. The van der Waals surface area contributed by atoms with E-state index >= 15 is 4.39 Å². The van der Waals surface area contributed by atoms with Crippen LogP contribution in [0, 0.1) is 5.82 Å². The second-order valence-corrected chi connectivity index (χ2v) is 8.56. The molecule has 1 saturated heterocycles. The van der Waals surface area contributed by atoms with E-state index in [4.69, 9.17) is 19.9 Å². The van der Waals surface area contributed by atoms with Gasteiger partial charge in [-0.25, -0.2) is 9.38 Å². The van der Waals surface area contributed by atoms with Gasteiger partial charge in [0.2, 0.25) is 0 Å². The number of amidine groups is 1. The van der Waals surface area contributed by atoms with Gasteiger partial charge in [0.25, 0.3) is 6.02 Å². The Morgan fingerprint density at radius 3 is 2.76 bits per heavy atom. The maximum atomic E-state index is 15.3. The number of benzene rings is 2. The summed E-state index contributed by atoms with van der Waals surface area (Å²) >= 11 is 0. The Labute approximate surface area is 168 Å². The molecule has 29 heavy (non-hydrogen) atoms. The number of aliphatic imine (C=N–C) groups is 1. The molecule has 0 amide bonds. The fourth-order valence-electron chi connectivity index (χ4n) is 4.67. The van der Waals surface area contributed by atoms with Crippen LogP contribution in [-0.4, -0.2) is 29.9 Å². The Kier molecular flexibility index (Phi) is 3.84. The number of phenols is 1. The third-order valence-corrected chi connectivity index (χ3v) is 6.03. The Morgan fingerprint density at radius 1 is 1.21 bits per heavy atom. The van der Waals surface area contributed by atoms with Gasteiger partial charge >= 0.3 is 0 Å². The SMILES string of the molecule is CC1(C)C[C@@H](c2cc(F)c3c(c2)C2(COC(N)=N2)c2cc(O)ccc2O3)CCO1. The van der Waals surface area contributed by atoms with Gasteiger partial charge in [-0.05, 0) is 68.5 Å². The van der Waals surface area contributed by atoms with Gasteiger partial charge in [-0.15, -0.1) is 0 Å². The highest BCUT2D eigenvalue weighted by molar-refractivity contribution is 5.77. The van der Waals surface area contributed by atoms with E-state index in [1.54, 1.807) is 18.2 Å². The average molecular weight is 398 g/mol. The van der Waals surface area contributed by atoms with Crippen molar-refractivity contribution < 1.29 is 23.7 Å². The summed E-state index contributed by atoms with van der Waals surface area (Å²) in [6, 6.07) is 8.21. The van der Waals surface area contributed by atoms with Gasteiger partial charge in [-0.1, -0.05) is 0 Å². The molecule has 3 aliphatic heterocycles. The molecule has 152 valence electrons. The van der Waals surface area contributed by atoms with E-state index in [-0.39, 0.29) is 35.6 Å². The number of hydrogen-bond donors (Lipinski definition) is 2. The molecular formula is C22H23FN2O4. The first-order valence-corrected chi connectivity index (χ1v) is 9.75. The van der Waals surface area contributed by atoms with E-state index in [0.717, 1.165) is 18.4 Å². The normalized spacial score (nSPS) is 26.9. The van der Waals surface area contributed by atoms with E-state index < -0.39 is 11.4 Å². The highest BCUT2D eigenvalue weighted by Crippen LogP contribution is 2.53. The molecule has 3 aliphatic rings. The lowest BCUT2D eigenvalue weighted by Gasteiger charge is -2.37. The van der Waals surface area contributed by atoms with Crippen LogP contribution in [0.1, 0.15) is 49.3 Å². The lowest BCUT2D eigenvalue weighted by molar-refractivity contribution is -0.0593. The summed E-state index contributed by atoms with van der Waals surface area (Å²) < 4.78 is 32.5. The number of nitrogens with zero attached hydrogens (tertiary/aromatic N) is 1. The fraction of sp³-hybridized carbons (Fsp3) is 0.409. The zero-order chi connectivity index (χ0) is 20.4. The Bertz CT molecular complexity index is 1040. The van der Waals surface area contributed by atoms with E-state index in [0.29, 0.717) is 23.5 Å². The zero-order valence-corrected chi connectivity index (χ0v) is 16.4. The van der Waals surface area contributed by atoms with Gasteiger partial charge in [0, 0.05) is 17.7 Å². The molecule has 0 aliphatic carbocycles. The van der Waals surface area contributed by atoms with Crippen LogP contribution in [0.2, 0.25) is 0 Å². The van der Waals surface area contributed by atoms with Crippen molar-refractivity contribution in [2.24, 2.45) is 10.7 Å². The maximum absolute atomic E-state index is 15.3. The number of nitrogens with two attached hydrogens (primary N) is 1. The molecule has 0 saturated carbocycles. The van der Waals surface area contributed by atoms with Gasteiger partial charge < -0.3 is 25.1 Å². The molecule has 6 nitrogen and oxygen atoms in total. The van der Waals surface area contributed by atoms with Crippen LogP contribution in [0.3, 0.4) is 0 Å². The minimum atomic E-state index is -1.05. The Balaban J connectivity index is 1.69. The molecule has 3 heterocycles. The quantitative estimate of drug-likeness (QED) is 0.761. The zero-order valence-electron chi connectivity index (χ0n) is 16.4. The van der Waals surface area contributed by atoms with Gasteiger partial charge in [0.05, 0.1) is 5.60 Å². The summed E-state index contributed by atoms with van der Waals surface area (Å²) in [5.41, 5.74) is 6.60. The van der Waals surface area contributed by atoms with Crippen molar-refractivity contribution in [2.75, 3.05) is 13.2 Å². The largest absolute Gasteiger partial charge is 0.508 e. The molecule has 1 fully saturated rings. The number of ether oxygens (including phenoxy) is 3. The van der Waals surface area contributed by atoms with E-state index in [1.165, 1.54) is 6.07 Å². The number of fused-ring (bicyclic) bond motifs is 4. The van der Waals surface area contributed by atoms with Crippen molar-refractivity contribution in [1.29, 1.82) is 0 Å². The standard InChI is InChI=1S/C22H23FN2O4/c1-21(2)10-12(5-6-28-21)13-7-16-19(17(23)8-13)29-18-4-3-14(26)9-15(18)22(16)11-27-20(24)25-22/h3-4,7-9,12,26H,5-6,10-11H2,1-2H3,(H2,24,25)/t12-,22?/m0/s1. The highest BCUT2D eigenvalue weighted by Gasteiger charge is 2.48. The Hall–Kier alpha value is -2.80. The third kappa shape index (κ3) is 2.83. The average Bonchev–Trinajstić information content (AvgIpc) is 3.05. The van der Waals surface area contributed by atoms with Gasteiger partial charge in [0.1, 0.15) is 18.1 Å². The minimum absolute atomic E-state index is 0.0325. The summed E-state index contributed by atoms with van der Waals surface area (Å²) in [5.74, 6) is 0.334. The van der Waals surface area contributed by atoms with Crippen molar-refractivity contribution >= 4 is 6.02 Å². The molecule has 5 rings (SSSR count). The van der Waals surface area contributed by atoms with Crippen LogP contribution < -0.4 is 10.5 Å². The van der Waals surface area contributed by atoms with E-state index in [1.807, 2.05) is 19.9 Å². The van der Waals surface area contributed by atoms with Crippen LogP contribution in [0.5, 0.6) is 17.2 Å². The van der Waals surface area contributed by atoms with Crippen molar-refractivity contribution in [3.8, 4) is 17.2 Å². The predicted molar refractivity (Wildman–Crippen MR) is 105 cm³/mol. The van der Waals surface area contributed by atoms with Gasteiger partial charge in [0.15, 0.2) is 17.1 Å². The lowest BCUT2D eigenvalue weighted by Crippen LogP contribution is -2.34. The molecular weight excluding hydrogens is 375 g/mol. The molecule has 1 unspecified atom stereocenters. The topological polar surface area (TPSA) is 86.3 Å². The molecule has 2 aromatic carbocycles. The summed E-state index contributed by atoms with van der Waals surface area (Å²) in [6.07, 6.45) is 1.60. The van der Waals surface area contributed by atoms with Gasteiger partial charge in [-0.2, -0.15) is 0 Å². The molecule has 3 N–H and O–H groups in total. The summed E-state index contributed by atoms with van der Waals surface area (Å²) in [6.45, 7) is 4.84. The summed E-state index contributed by atoms with van der Waals surface area (Å²) in [7, 11) is 0. The first-order valence-electron chi connectivity index (χ1n) is 9.75. The number of hydrogen-bond acceptors (Lipinski definition) is 6. The van der Waals surface area contributed by atoms with Crippen LogP contribution in [-0.2, 0) is 15.0 Å². The maximum Gasteiger partial charge on any atom is 0.283 e. The van der Waals surface area contributed by atoms with E-state index in [9.17, 15) is 5.11 Å². The first kappa shape index (κ1) is 18.2. The van der Waals surface area contributed by atoms with Crippen molar-refractivity contribution in [3.05, 3.63) is 52.8 Å². The van der Waals surface area contributed by atoms with Crippen molar-refractivity contribution in [2.45, 2.75) is 43.7 Å². The summed E-state index contributed by atoms with van der Waals surface area (Å²) in [4.78, 5) is 4.55. The van der Waals surface area contributed by atoms with Crippen molar-refractivity contribution in [1.82, 2.24) is 0 Å². The summed E-state index contributed by atoms with van der Waals surface area (Å²) in [5, 5.41) is 10.1. The lowest BCUT2D eigenvalue weighted by atomic mass is 9.77. The molecule has 7 heteroatoms. The van der Waals surface area contributed by atoms with Crippen LogP contribution in [0.25, 0.3) is 0 Å². The van der Waals surface area contributed by atoms with Crippen LogP contribution in [0.4, 0.5) is 4.39 Å². The molecule has 2 atom stereocenters.